The molecule has 1 rings (SSSR count). The molecule has 0 aliphatic rings. The van der Waals surface area contributed by atoms with Crippen LogP contribution >= 0.6 is 0 Å². The van der Waals surface area contributed by atoms with Gasteiger partial charge in [0.25, 0.3) is 0 Å². The fourth-order valence-electron chi connectivity index (χ4n) is 1.71. The van der Waals surface area contributed by atoms with E-state index in [4.69, 9.17) is 0 Å². The Balaban J connectivity index is 3.14. The Hall–Kier alpha value is -1.41. The third-order valence-electron chi connectivity index (χ3n) is 2.82. The first kappa shape index (κ1) is 15.6. The zero-order chi connectivity index (χ0) is 14.8. The van der Waals surface area contributed by atoms with Gasteiger partial charge in [-0.1, -0.05) is 6.92 Å². The number of carbonyl (C=O) groups is 1. The number of H-pyrrole nitrogens is 1. The van der Waals surface area contributed by atoms with E-state index in [1.54, 1.807) is 34.9 Å². The predicted octanol–water partition coefficient (Wildman–Crippen LogP) is 0.125. The van der Waals surface area contributed by atoms with Gasteiger partial charge < -0.3 is 4.90 Å². The summed E-state index contributed by atoms with van der Waals surface area (Å²) in [6.45, 7) is 5.03. The van der Waals surface area contributed by atoms with E-state index in [1.807, 2.05) is 0 Å². The van der Waals surface area contributed by atoms with Crippen molar-refractivity contribution in [2.24, 2.45) is 0 Å². The Kier molecular flexibility index (Phi) is 4.70. The number of aromatic amines is 1. The molecule has 0 aliphatic heterocycles. The number of likely N-dealkylation sites (N-methyl/N-ethyl adjacent to an activating group) is 2. The molecule has 0 fully saturated rings. The van der Waals surface area contributed by atoms with Gasteiger partial charge in [-0.3, -0.25) is 9.89 Å². The molecule has 1 amide bonds. The van der Waals surface area contributed by atoms with Gasteiger partial charge in [-0.25, -0.2) is 8.42 Å². The highest BCUT2D eigenvalue weighted by atomic mass is 32.2. The van der Waals surface area contributed by atoms with Crippen molar-refractivity contribution in [2.75, 3.05) is 27.2 Å². The molecule has 8 heteroatoms. The van der Waals surface area contributed by atoms with Crippen LogP contribution in [0.3, 0.4) is 0 Å². The standard InChI is InChI=1S/C11H20N4O3S/c1-6-15(7-10(16)14(4)5)19(17,18)11-8(2)12-13-9(11)3/h6-7H2,1-5H3,(H,12,13). The van der Waals surface area contributed by atoms with E-state index in [1.165, 1.54) is 4.90 Å². The van der Waals surface area contributed by atoms with Crippen LogP contribution in [0.4, 0.5) is 0 Å². The number of carbonyl (C=O) groups excluding carboxylic acids is 1. The molecule has 0 aromatic carbocycles. The Morgan fingerprint density at radius 2 is 1.89 bits per heavy atom. The van der Waals surface area contributed by atoms with E-state index in [2.05, 4.69) is 10.2 Å². The topological polar surface area (TPSA) is 86.4 Å². The lowest BCUT2D eigenvalue weighted by Gasteiger charge is -2.21. The largest absolute Gasteiger partial charge is 0.348 e. The van der Waals surface area contributed by atoms with Crippen molar-refractivity contribution in [3.63, 3.8) is 0 Å². The number of rotatable bonds is 5. The monoisotopic (exact) mass is 288 g/mol. The first-order chi connectivity index (χ1) is 8.71. The lowest BCUT2D eigenvalue weighted by Crippen LogP contribution is -2.40. The van der Waals surface area contributed by atoms with E-state index in [9.17, 15) is 13.2 Å². The quantitative estimate of drug-likeness (QED) is 0.834. The second-order valence-electron chi connectivity index (χ2n) is 4.48. The summed E-state index contributed by atoms with van der Waals surface area (Å²) in [4.78, 5) is 13.2. The second-order valence-corrected chi connectivity index (χ2v) is 6.36. The van der Waals surface area contributed by atoms with Crippen LogP contribution in [-0.2, 0) is 14.8 Å². The minimum Gasteiger partial charge on any atom is -0.348 e. The third kappa shape index (κ3) is 3.13. The zero-order valence-electron chi connectivity index (χ0n) is 11.9. The molecule has 0 radical (unpaired) electrons. The van der Waals surface area contributed by atoms with Gasteiger partial charge in [0, 0.05) is 20.6 Å². The molecule has 7 nitrogen and oxygen atoms in total. The predicted molar refractivity (Wildman–Crippen MR) is 71.2 cm³/mol. The van der Waals surface area contributed by atoms with Crippen molar-refractivity contribution in [1.82, 2.24) is 19.4 Å². The maximum absolute atomic E-state index is 12.5. The highest BCUT2D eigenvalue weighted by Gasteiger charge is 2.30. The lowest BCUT2D eigenvalue weighted by atomic mass is 10.4. The number of amides is 1. The lowest BCUT2D eigenvalue weighted by molar-refractivity contribution is -0.128. The summed E-state index contributed by atoms with van der Waals surface area (Å²) in [7, 11) is -0.517. The fourth-order valence-corrected chi connectivity index (χ4v) is 3.44. The Morgan fingerprint density at radius 1 is 1.32 bits per heavy atom. The summed E-state index contributed by atoms with van der Waals surface area (Å²) in [6, 6.07) is 0. The van der Waals surface area contributed by atoms with Crippen molar-refractivity contribution in [1.29, 1.82) is 0 Å². The minimum absolute atomic E-state index is 0.154. The number of sulfonamides is 1. The fraction of sp³-hybridized carbons (Fsp3) is 0.636. The summed E-state index contributed by atoms with van der Waals surface area (Å²) >= 11 is 0. The van der Waals surface area contributed by atoms with E-state index < -0.39 is 10.0 Å². The number of aryl methyl sites for hydroxylation is 2. The molecule has 0 aliphatic carbocycles. The summed E-state index contributed by atoms with van der Waals surface area (Å²) < 4.78 is 26.2. The molecular weight excluding hydrogens is 268 g/mol. The Morgan fingerprint density at radius 3 is 2.26 bits per heavy atom. The summed E-state index contributed by atoms with van der Waals surface area (Å²) in [5.74, 6) is -0.260. The minimum atomic E-state index is -3.71. The molecule has 1 aromatic rings. The first-order valence-electron chi connectivity index (χ1n) is 5.93. The maximum Gasteiger partial charge on any atom is 0.247 e. The number of aromatic nitrogens is 2. The third-order valence-corrected chi connectivity index (χ3v) is 5.01. The van der Waals surface area contributed by atoms with Crippen LogP contribution in [0.15, 0.2) is 4.90 Å². The molecule has 0 spiro atoms. The van der Waals surface area contributed by atoms with Gasteiger partial charge in [0.2, 0.25) is 15.9 Å². The second kappa shape index (κ2) is 5.70. The Bertz CT molecular complexity index is 543. The van der Waals surface area contributed by atoms with Crippen LogP contribution in [0.2, 0.25) is 0 Å². The molecule has 0 saturated heterocycles. The molecule has 19 heavy (non-hydrogen) atoms. The average Bonchev–Trinajstić information content (AvgIpc) is 2.65. The first-order valence-corrected chi connectivity index (χ1v) is 7.37. The van der Waals surface area contributed by atoms with E-state index in [0.29, 0.717) is 11.4 Å². The van der Waals surface area contributed by atoms with E-state index in [0.717, 1.165) is 4.31 Å². The van der Waals surface area contributed by atoms with E-state index in [-0.39, 0.29) is 23.9 Å². The zero-order valence-corrected chi connectivity index (χ0v) is 12.7. The van der Waals surface area contributed by atoms with E-state index >= 15 is 0 Å². The van der Waals surface area contributed by atoms with Crippen molar-refractivity contribution < 1.29 is 13.2 Å². The van der Waals surface area contributed by atoms with Crippen molar-refractivity contribution in [3.8, 4) is 0 Å². The Labute approximate surface area is 113 Å². The normalized spacial score (nSPS) is 11.9. The maximum atomic E-state index is 12.5. The van der Waals surface area contributed by atoms with Gasteiger partial charge in [0.1, 0.15) is 4.90 Å². The van der Waals surface area contributed by atoms with Gasteiger partial charge in [-0.2, -0.15) is 9.40 Å². The summed E-state index contributed by atoms with van der Waals surface area (Å²) in [5.41, 5.74) is 0.890. The molecule has 108 valence electrons. The van der Waals surface area contributed by atoms with Crippen molar-refractivity contribution >= 4 is 15.9 Å². The number of nitrogens with one attached hydrogen (secondary N) is 1. The highest BCUT2D eigenvalue weighted by Crippen LogP contribution is 2.21. The van der Waals surface area contributed by atoms with Crippen molar-refractivity contribution in [2.45, 2.75) is 25.7 Å². The highest BCUT2D eigenvalue weighted by molar-refractivity contribution is 7.89. The van der Waals surface area contributed by atoms with Crippen LogP contribution in [-0.4, -0.2) is 60.9 Å². The molecule has 1 N–H and O–H groups in total. The van der Waals surface area contributed by atoms with Crippen LogP contribution in [0, 0.1) is 13.8 Å². The smallest absolute Gasteiger partial charge is 0.247 e. The summed E-state index contributed by atoms with van der Waals surface area (Å²) in [6.07, 6.45) is 0. The summed E-state index contributed by atoms with van der Waals surface area (Å²) in [5, 5.41) is 6.53. The SMILES string of the molecule is CCN(CC(=O)N(C)C)S(=O)(=O)c1c(C)n[nH]c1C. The van der Waals surface area contributed by atoms with Gasteiger partial charge in [-0.15, -0.1) is 0 Å². The van der Waals surface area contributed by atoms with Crippen LogP contribution in [0.5, 0.6) is 0 Å². The van der Waals surface area contributed by atoms with Gasteiger partial charge in [-0.05, 0) is 13.8 Å². The molecule has 0 unspecified atom stereocenters. The molecule has 1 heterocycles. The number of nitrogens with zero attached hydrogens (tertiary/aromatic N) is 3. The van der Waals surface area contributed by atoms with Crippen molar-refractivity contribution in [3.05, 3.63) is 11.4 Å². The number of hydrogen-bond donors (Lipinski definition) is 1. The average molecular weight is 288 g/mol. The molecule has 0 atom stereocenters. The van der Waals surface area contributed by atoms with Gasteiger partial charge in [0.15, 0.2) is 0 Å². The van der Waals surface area contributed by atoms with Crippen LogP contribution < -0.4 is 0 Å². The molecular formula is C11H20N4O3S. The van der Waals surface area contributed by atoms with Gasteiger partial charge >= 0.3 is 0 Å². The van der Waals surface area contributed by atoms with Gasteiger partial charge in [0.05, 0.1) is 17.9 Å². The van der Waals surface area contributed by atoms with Crippen LogP contribution in [0.25, 0.3) is 0 Å². The van der Waals surface area contributed by atoms with Crippen LogP contribution in [0.1, 0.15) is 18.3 Å². The molecule has 0 bridgehead atoms. The molecule has 0 saturated carbocycles. The number of hydrogen-bond acceptors (Lipinski definition) is 4. The molecule has 1 aromatic heterocycles.